The highest BCUT2D eigenvalue weighted by Crippen LogP contribution is 2.15. The summed E-state index contributed by atoms with van der Waals surface area (Å²) in [4.78, 5) is 0. The first-order valence-electron chi connectivity index (χ1n) is 7.14. The second-order valence-electron chi connectivity index (χ2n) is 4.51. The van der Waals surface area contributed by atoms with Crippen LogP contribution in [0.4, 0.5) is 0 Å². The van der Waals surface area contributed by atoms with Crippen LogP contribution in [0.1, 0.15) is 38.3 Å². The van der Waals surface area contributed by atoms with Gasteiger partial charge in [0.1, 0.15) is 0 Å². The maximum Gasteiger partial charge on any atom is 0.0662 e. The first-order chi connectivity index (χ1) is 9.31. The summed E-state index contributed by atoms with van der Waals surface area (Å²) < 4.78 is 12.4. The van der Waals surface area contributed by atoms with Crippen LogP contribution in [-0.4, -0.2) is 43.3 Å². The quantitative estimate of drug-likeness (QED) is 0.624. The minimum absolute atomic E-state index is 0.404. The lowest BCUT2D eigenvalue weighted by Crippen LogP contribution is -2.19. The summed E-state index contributed by atoms with van der Waals surface area (Å²) in [5, 5.41) is 7.83. The van der Waals surface area contributed by atoms with Crippen molar-refractivity contribution in [3.05, 3.63) is 18.0 Å². The highest BCUT2D eigenvalue weighted by atomic mass is 16.5. The largest absolute Gasteiger partial charge is 0.385 e. The van der Waals surface area contributed by atoms with Crippen molar-refractivity contribution >= 4 is 0 Å². The number of rotatable bonds is 11. The fraction of sp³-hybridized carbons (Fsp3) is 0.786. The van der Waals surface area contributed by atoms with Crippen molar-refractivity contribution in [2.24, 2.45) is 0 Å². The Morgan fingerprint density at radius 3 is 2.84 bits per heavy atom. The summed E-state index contributed by atoms with van der Waals surface area (Å²) in [5.41, 5.74) is 1.25. The van der Waals surface area contributed by atoms with Gasteiger partial charge in [-0.05, 0) is 19.4 Å². The monoisotopic (exact) mass is 269 g/mol. The molecule has 110 valence electrons. The zero-order chi connectivity index (χ0) is 13.9. The second kappa shape index (κ2) is 9.95. The van der Waals surface area contributed by atoms with E-state index in [1.807, 2.05) is 10.9 Å². The standard InChI is InChI=1S/C14H27N3O2/c1-4-14(15-5-2)13-11-16-17(12-13)7-10-19-9-6-8-18-3/h11-12,14-15H,4-10H2,1-3H3. The van der Waals surface area contributed by atoms with Crippen molar-refractivity contribution in [2.45, 2.75) is 39.3 Å². The zero-order valence-corrected chi connectivity index (χ0v) is 12.4. The smallest absolute Gasteiger partial charge is 0.0662 e. The van der Waals surface area contributed by atoms with Crippen molar-refractivity contribution in [2.75, 3.05) is 33.5 Å². The fourth-order valence-corrected chi connectivity index (χ4v) is 1.99. The van der Waals surface area contributed by atoms with Gasteiger partial charge < -0.3 is 14.8 Å². The van der Waals surface area contributed by atoms with E-state index in [1.165, 1.54) is 5.56 Å². The van der Waals surface area contributed by atoms with Crippen LogP contribution in [0, 0.1) is 0 Å². The van der Waals surface area contributed by atoms with Crippen molar-refractivity contribution < 1.29 is 9.47 Å². The van der Waals surface area contributed by atoms with Crippen LogP contribution < -0.4 is 5.32 Å². The van der Waals surface area contributed by atoms with Crippen LogP contribution in [0.25, 0.3) is 0 Å². The Labute approximate surface area is 116 Å². The van der Waals surface area contributed by atoms with Gasteiger partial charge in [-0.15, -0.1) is 0 Å². The van der Waals surface area contributed by atoms with E-state index in [0.717, 1.165) is 39.1 Å². The molecule has 19 heavy (non-hydrogen) atoms. The SMILES string of the molecule is CCNC(CC)c1cnn(CCOCCCOC)c1. The third-order valence-corrected chi connectivity index (χ3v) is 3.02. The molecule has 0 aliphatic rings. The maximum absolute atomic E-state index is 5.53. The second-order valence-corrected chi connectivity index (χ2v) is 4.51. The minimum Gasteiger partial charge on any atom is -0.385 e. The molecule has 5 heteroatoms. The van der Waals surface area contributed by atoms with E-state index in [0.29, 0.717) is 12.6 Å². The van der Waals surface area contributed by atoms with Gasteiger partial charge in [-0.25, -0.2) is 0 Å². The van der Waals surface area contributed by atoms with E-state index in [2.05, 4.69) is 30.5 Å². The molecule has 0 aliphatic heterocycles. The molecule has 1 unspecified atom stereocenters. The average molecular weight is 269 g/mol. The van der Waals surface area contributed by atoms with Crippen LogP contribution in [0.15, 0.2) is 12.4 Å². The zero-order valence-electron chi connectivity index (χ0n) is 12.4. The first kappa shape index (κ1) is 16.1. The molecule has 1 aromatic rings. The Balaban J connectivity index is 2.26. The molecule has 1 N–H and O–H groups in total. The Hall–Kier alpha value is -0.910. The van der Waals surface area contributed by atoms with E-state index < -0.39 is 0 Å². The highest BCUT2D eigenvalue weighted by Gasteiger charge is 2.09. The number of nitrogens with one attached hydrogen (secondary N) is 1. The third-order valence-electron chi connectivity index (χ3n) is 3.02. The molecule has 1 rings (SSSR count). The van der Waals surface area contributed by atoms with Gasteiger partial charge in [0.15, 0.2) is 0 Å². The summed E-state index contributed by atoms with van der Waals surface area (Å²) in [6.07, 6.45) is 6.07. The molecule has 0 aliphatic carbocycles. The summed E-state index contributed by atoms with van der Waals surface area (Å²) in [6, 6.07) is 0.404. The number of nitrogens with zero attached hydrogens (tertiary/aromatic N) is 2. The van der Waals surface area contributed by atoms with E-state index >= 15 is 0 Å². The number of hydrogen-bond acceptors (Lipinski definition) is 4. The Morgan fingerprint density at radius 2 is 2.16 bits per heavy atom. The maximum atomic E-state index is 5.53. The number of aromatic nitrogens is 2. The van der Waals surface area contributed by atoms with Crippen LogP contribution >= 0.6 is 0 Å². The molecular weight excluding hydrogens is 242 g/mol. The number of methoxy groups -OCH3 is 1. The molecule has 0 amide bonds. The van der Waals surface area contributed by atoms with Gasteiger partial charge >= 0.3 is 0 Å². The molecule has 1 atom stereocenters. The summed E-state index contributed by atoms with van der Waals surface area (Å²) in [5.74, 6) is 0. The average Bonchev–Trinajstić information content (AvgIpc) is 2.88. The lowest BCUT2D eigenvalue weighted by Gasteiger charge is -2.13. The lowest BCUT2D eigenvalue weighted by molar-refractivity contribution is 0.0961. The van der Waals surface area contributed by atoms with E-state index in [4.69, 9.17) is 9.47 Å². The lowest BCUT2D eigenvalue weighted by atomic mass is 10.1. The van der Waals surface area contributed by atoms with Gasteiger partial charge in [0.25, 0.3) is 0 Å². The molecule has 0 fully saturated rings. The van der Waals surface area contributed by atoms with Crippen molar-refractivity contribution in [3.8, 4) is 0 Å². The van der Waals surface area contributed by atoms with Gasteiger partial charge in [0, 0.05) is 38.1 Å². The van der Waals surface area contributed by atoms with Crippen molar-refractivity contribution in [1.29, 1.82) is 0 Å². The van der Waals surface area contributed by atoms with Gasteiger partial charge in [-0.2, -0.15) is 5.10 Å². The van der Waals surface area contributed by atoms with E-state index in [-0.39, 0.29) is 0 Å². The van der Waals surface area contributed by atoms with Crippen LogP contribution in [0.3, 0.4) is 0 Å². The van der Waals surface area contributed by atoms with E-state index in [1.54, 1.807) is 7.11 Å². The van der Waals surface area contributed by atoms with Crippen LogP contribution in [0.2, 0.25) is 0 Å². The Morgan fingerprint density at radius 1 is 1.32 bits per heavy atom. The molecule has 0 spiro atoms. The molecule has 0 saturated heterocycles. The predicted octanol–water partition coefficient (Wildman–Crippen LogP) is 2.00. The van der Waals surface area contributed by atoms with Gasteiger partial charge in [0.05, 0.1) is 19.3 Å². The fourth-order valence-electron chi connectivity index (χ4n) is 1.99. The highest BCUT2D eigenvalue weighted by molar-refractivity contribution is 5.10. The van der Waals surface area contributed by atoms with Gasteiger partial charge in [0.2, 0.25) is 0 Å². The molecular formula is C14H27N3O2. The minimum atomic E-state index is 0.404. The number of hydrogen-bond donors (Lipinski definition) is 1. The van der Waals surface area contributed by atoms with Crippen molar-refractivity contribution in [3.63, 3.8) is 0 Å². The normalized spacial score (nSPS) is 12.8. The van der Waals surface area contributed by atoms with Crippen molar-refractivity contribution in [1.82, 2.24) is 15.1 Å². The molecule has 0 aromatic carbocycles. The van der Waals surface area contributed by atoms with Gasteiger partial charge in [-0.3, -0.25) is 4.68 Å². The Kier molecular flexibility index (Phi) is 8.45. The van der Waals surface area contributed by atoms with Gasteiger partial charge in [-0.1, -0.05) is 13.8 Å². The Bertz CT molecular complexity index is 328. The van der Waals surface area contributed by atoms with Crippen LogP contribution in [-0.2, 0) is 16.0 Å². The third kappa shape index (κ3) is 6.18. The summed E-state index contributed by atoms with van der Waals surface area (Å²) in [6.45, 7) is 8.29. The number of ether oxygens (including phenoxy) is 2. The molecule has 0 saturated carbocycles. The molecule has 5 nitrogen and oxygen atoms in total. The topological polar surface area (TPSA) is 48.3 Å². The van der Waals surface area contributed by atoms with Crippen LogP contribution in [0.5, 0.6) is 0 Å². The molecule has 0 bridgehead atoms. The molecule has 1 heterocycles. The molecule has 0 radical (unpaired) electrons. The first-order valence-corrected chi connectivity index (χ1v) is 7.14. The van der Waals surface area contributed by atoms with E-state index in [9.17, 15) is 0 Å². The predicted molar refractivity (Wildman–Crippen MR) is 76.2 cm³/mol. The summed E-state index contributed by atoms with van der Waals surface area (Å²) >= 11 is 0. The summed E-state index contributed by atoms with van der Waals surface area (Å²) in [7, 11) is 1.71. The molecule has 1 aromatic heterocycles.